The molecule has 2 aromatic carbocycles. The highest BCUT2D eigenvalue weighted by Crippen LogP contribution is 2.40. The van der Waals surface area contributed by atoms with Crippen LogP contribution < -0.4 is 0 Å². The van der Waals surface area contributed by atoms with Crippen LogP contribution in [0.3, 0.4) is 0 Å². The van der Waals surface area contributed by atoms with Gasteiger partial charge in [-0.15, -0.1) is 0 Å². The highest BCUT2D eigenvalue weighted by atomic mass is 35.5. The Morgan fingerprint density at radius 2 is 1.87 bits per heavy atom. The molecule has 1 aromatic heterocycles. The second-order valence-electron chi connectivity index (χ2n) is 7.87. The van der Waals surface area contributed by atoms with Gasteiger partial charge in [-0.1, -0.05) is 35.9 Å². The third kappa shape index (κ3) is 3.17. The first-order chi connectivity index (χ1) is 14.5. The molecule has 2 aliphatic rings. The van der Waals surface area contributed by atoms with E-state index in [1.54, 1.807) is 18.2 Å². The fraction of sp³-hybridized carbons (Fsp3) is 0.261. The summed E-state index contributed by atoms with van der Waals surface area (Å²) in [5.41, 5.74) is 3.31. The van der Waals surface area contributed by atoms with Gasteiger partial charge in [0.25, 0.3) is 5.91 Å². The van der Waals surface area contributed by atoms with Crippen LogP contribution in [-0.2, 0) is 6.54 Å². The van der Waals surface area contributed by atoms with Crippen molar-refractivity contribution in [2.45, 2.75) is 37.9 Å². The predicted octanol–water partition coefficient (Wildman–Crippen LogP) is 4.65. The Kier molecular flexibility index (Phi) is 4.59. The number of carboxylic acids is 1. The average molecular weight is 422 g/mol. The third-order valence-electron chi connectivity index (χ3n) is 6.04. The molecule has 30 heavy (non-hydrogen) atoms. The Hall–Kier alpha value is -3.12. The van der Waals surface area contributed by atoms with E-state index >= 15 is 0 Å². The van der Waals surface area contributed by atoms with E-state index in [9.17, 15) is 14.7 Å². The van der Waals surface area contributed by atoms with Crippen LogP contribution in [-0.4, -0.2) is 37.7 Å². The summed E-state index contributed by atoms with van der Waals surface area (Å²) in [5.74, 6) is -1.03. The molecule has 5 rings (SSSR count). The number of aromatic nitrogens is 2. The molecule has 7 heteroatoms. The fourth-order valence-electron chi connectivity index (χ4n) is 4.62. The molecule has 0 unspecified atom stereocenters. The summed E-state index contributed by atoms with van der Waals surface area (Å²) in [6.45, 7) is 0.391. The molecule has 2 heterocycles. The molecule has 1 saturated carbocycles. The van der Waals surface area contributed by atoms with Gasteiger partial charge in [0.2, 0.25) is 0 Å². The molecule has 1 aliphatic heterocycles. The van der Waals surface area contributed by atoms with Crippen LogP contribution >= 0.6 is 11.6 Å². The second-order valence-corrected chi connectivity index (χ2v) is 8.31. The molecule has 0 spiro atoms. The third-order valence-corrected chi connectivity index (χ3v) is 6.29. The monoisotopic (exact) mass is 421 g/mol. The van der Waals surface area contributed by atoms with Crippen LogP contribution in [0.1, 0.15) is 51.7 Å². The number of fused-ring (bicyclic) bond motifs is 3. The summed E-state index contributed by atoms with van der Waals surface area (Å²) in [7, 11) is 0. The Morgan fingerprint density at radius 3 is 2.63 bits per heavy atom. The fourth-order valence-corrected chi connectivity index (χ4v) is 4.75. The number of nitrogens with zero attached hydrogens (tertiary/aromatic N) is 3. The molecule has 2 atom stereocenters. The molecule has 3 aromatic rings. The Bertz CT molecular complexity index is 1140. The molecule has 1 amide bonds. The SMILES string of the molecule is O=C(O)c1cccc(CN2C(=O)c3cc(-c4ccc(Cl)cc4)nn3[C@H]3CCC[C@H]32)c1. The molecular weight excluding hydrogens is 402 g/mol. The van der Waals surface area contributed by atoms with E-state index in [1.807, 2.05) is 46.0 Å². The van der Waals surface area contributed by atoms with E-state index in [0.717, 1.165) is 36.1 Å². The van der Waals surface area contributed by atoms with E-state index < -0.39 is 5.97 Å². The van der Waals surface area contributed by atoms with Gasteiger partial charge in [0.15, 0.2) is 0 Å². The number of rotatable bonds is 4. The largest absolute Gasteiger partial charge is 0.478 e. The smallest absolute Gasteiger partial charge is 0.335 e. The summed E-state index contributed by atoms with van der Waals surface area (Å²) < 4.78 is 1.90. The maximum atomic E-state index is 13.4. The van der Waals surface area contributed by atoms with Crippen molar-refractivity contribution in [2.24, 2.45) is 0 Å². The van der Waals surface area contributed by atoms with Crippen LogP contribution in [0.5, 0.6) is 0 Å². The number of halogens is 1. The maximum absolute atomic E-state index is 13.4. The summed E-state index contributed by atoms with van der Waals surface area (Å²) in [6, 6.07) is 16.3. The number of aromatic carboxylic acids is 1. The molecule has 1 N–H and O–H groups in total. The highest BCUT2D eigenvalue weighted by Gasteiger charge is 2.43. The first-order valence-electron chi connectivity index (χ1n) is 10.00. The molecule has 0 radical (unpaired) electrons. The van der Waals surface area contributed by atoms with E-state index in [2.05, 4.69) is 0 Å². The lowest BCUT2D eigenvalue weighted by molar-refractivity contribution is 0.0522. The van der Waals surface area contributed by atoms with Crippen molar-refractivity contribution in [1.82, 2.24) is 14.7 Å². The van der Waals surface area contributed by atoms with Gasteiger partial charge in [0.05, 0.1) is 23.3 Å². The minimum atomic E-state index is -0.966. The average Bonchev–Trinajstić information content (AvgIpc) is 3.39. The predicted molar refractivity (Wildman–Crippen MR) is 113 cm³/mol. The quantitative estimate of drug-likeness (QED) is 0.665. The first-order valence-corrected chi connectivity index (χ1v) is 10.4. The zero-order valence-corrected chi connectivity index (χ0v) is 16.9. The van der Waals surface area contributed by atoms with Crippen LogP contribution in [0.2, 0.25) is 5.02 Å². The van der Waals surface area contributed by atoms with Crippen molar-refractivity contribution in [1.29, 1.82) is 0 Å². The van der Waals surface area contributed by atoms with Crippen LogP contribution in [0.4, 0.5) is 0 Å². The number of hydrogen-bond donors (Lipinski definition) is 1. The summed E-state index contributed by atoms with van der Waals surface area (Å²) >= 11 is 6.00. The number of carboxylic acid groups (broad SMARTS) is 1. The number of carbonyl (C=O) groups excluding carboxylic acids is 1. The number of hydrogen-bond acceptors (Lipinski definition) is 3. The van der Waals surface area contributed by atoms with Gasteiger partial charge >= 0.3 is 5.97 Å². The topological polar surface area (TPSA) is 75.4 Å². The second kappa shape index (κ2) is 7.29. The molecule has 6 nitrogen and oxygen atoms in total. The van der Waals surface area contributed by atoms with E-state index in [1.165, 1.54) is 0 Å². The lowest BCUT2D eigenvalue weighted by Gasteiger charge is -2.38. The van der Waals surface area contributed by atoms with Crippen LogP contribution in [0.25, 0.3) is 11.3 Å². The number of benzene rings is 2. The van der Waals surface area contributed by atoms with Gasteiger partial charge in [0, 0.05) is 17.1 Å². The molecule has 152 valence electrons. The van der Waals surface area contributed by atoms with Crippen LogP contribution in [0, 0.1) is 0 Å². The molecule has 1 fully saturated rings. The Balaban J connectivity index is 1.50. The van der Waals surface area contributed by atoms with Crippen molar-refractivity contribution in [3.8, 4) is 11.3 Å². The lowest BCUT2D eigenvalue weighted by atomic mass is 10.0. The van der Waals surface area contributed by atoms with Crippen molar-refractivity contribution >= 4 is 23.5 Å². The zero-order chi connectivity index (χ0) is 20.8. The van der Waals surface area contributed by atoms with Gasteiger partial charge in [-0.25, -0.2) is 4.79 Å². The molecule has 0 saturated heterocycles. The Labute approximate surface area is 178 Å². The normalized spacial score (nSPS) is 20.2. The minimum Gasteiger partial charge on any atom is -0.478 e. The first kappa shape index (κ1) is 18.9. The highest BCUT2D eigenvalue weighted by molar-refractivity contribution is 6.30. The minimum absolute atomic E-state index is 0.0633. The van der Waals surface area contributed by atoms with E-state index in [0.29, 0.717) is 17.3 Å². The standard InChI is InChI=1S/C23H20ClN3O3/c24-17-9-7-15(8-10-17)18-12-21-22(28)26(19-5-2-6-20(19)27(21)25-18)13-14-3-1-4-16(11-14)23(29)30/h1,3-4,7-12,19-20H,2,5-6,13H2,(H,29,30)/t19-,20+/m1/s1. The summed E-state index contributed by atoms with van der Waals surface area (Å²) in [5, 5.41) is 14.7. The summed E-state index contributed by atoms with van der Waals surface area (Å²) in [4.78, 5) is 26.6. The van der Waals surface area contributed by atoms with Crippen molar-refractivity contribution in [3.05, 3.63) is 76.4 Å². The van der Waals surface area contributed by atoms with Crippen molar-refractivity contribution in [2.75, 3.05) is 0 Å². The summed E-state index contributed by atoms with van der Waals surface area (Å²) in [6.07, 6.45) is 2.92. The molecule has 1 aliphatic carbocycles. The lowest BCUT2D eigenvalue weighted by Crippen LogP contribution is -2.48. The van der Waals surface area contributed by atoms with Crippen LogP contribution in [0.15, 0.2) is 54.6 Å². The number of amides is 1. The van der Waals surface area contributed by atoms with E-state index in [4.69, 9.17) is 16.7 Å². The van der Waals surface area contributed by atoms with Gasteiger partial charge in [0.1, 0.15) is 5.69 Å². The van der Waals surface area contributed by atoms with Gasteiger partial charge in [-0.2, -0.15) is 5.10 Å². The van der Waals surface area contributed by atoms with E-state index in [-0.39, 0.29) is 23.6 Å². The maximum Gasteiger partial charge on any atom is 0.335 e. The van der Waals surface area contributed by atoms with Crippen molar-refractivity contribution in [3.63, 3.8) is 0 Å². The van der Waals surface area contributed by atoms with Crippen molar-refractivity contribution < 1.29 is 14.7 Å². The molecule has 0 bridgehead atoms. The Morgan fingerprint density at radius 1 is 1.10 bits per heavy atom. The van der Waals surface area contributed by atoms with Gasteiger partial charge in [-0.05, 0) is 55.2 Å². The van der Waals surface area contributed by atoms with Gasteiger partial charge < -0.3 is 10.0 Å². The number of carbonyl (C=O) groups is 2. The van der Waals surface area contributed by atoms with Gasteiger partial charge in [-0.3, -0.25) is 9.48 Å². The zero-order valence-electron chi connectivity index (χ0n) is 16.2. The molecular formula is C23H20ClN3O3.